The van der Waals surface area contributed by atoms with E-state index in [0.29, 0.717) is 11.5 Å². The van der Waals surface area contributed by atoms with Gasteiger partial charge in [0.05, 0.1) is 5.56 Å². The number of fused-ring (bicyclic) bond motifs is 1. The summed E-state index contributed by atoms with van der Waals surface area (Å²) in [6, 6.07) is 18.6. The van der Waals surface area contributed by atoms with Crippen molar-refractivity contribution in [1.82, 2.24) is 0 Å². The highest BCUT2D eigenvalue weighted by Gasteiger charge is 2.33. The molecule has 3 aromatic rings. The van der Waals surface area contributed by atoms with Crippen LogP contribution in [0.25, 0.3) is 15.0 Å². The van der Waals surface area contributed by atoms with Crippen LogP contribution in [0.1, 0.15) is 43.5 Å². The Kier molecular flexibility index (Phi) is 4.88. The average Bonchev–Trinajstić information content (AvgIpc) is 3.13. The summed E-state index contributed by atoms with van der Waals surface area (Å²) >= 11 is 0. The van der Waals surface area contributed by atoms with Gasteiger partial charge in [-0.2, -0.15) is 0 Å². The number of carbonyl (C=O) groups excluding carboxylic acids is 1. The van der Waals surface area contributed by atoms with Crippen LogP contribution in [0.2, 0.25) is 0 Å². The molecule has 0 saturated heterocycles. The van der Waals surface area contributed by atoms with Gasteiger partial charge in [-0.3, -0.25) is 0 Å². The van der Waals surface area contributed by atoms with Crippen molar-refractivity contribution in [2.24, 2.45) is 5.92 Å². The number of hydrogen-bond acceptors (Lipinski definition) is 2. The van der Waals surface area contributed by atoms with Crippen molar-refractivity contribution in [3.8, 4) is 4.90 Å². The van der Waals surface area contributed by atoms with Crippen molar-refractivity contribution in [2.75, 3.05) is 0 Å². The van der Waals surface area contributed by atoms with Gasteiger partial charge >= 0.3 is 5.97 Å². The topological polar surface area (TPSA) is 26.3 Å². The monoisotopic (exact) mass is 377 g/mol. The molecule has 1 heterocycles. The smallest absolute Gasteiger partial charge is 0.338 e. The molecule has 1 aromatic heterocycles. The van der Waals surface area contributed by atoms with Gasteiger partial charge in [0.2, 0.25) is 0 Å². The third-order valence-electron chi connectivity index (χ3n) is 5.49. The number of ether oxygens (including phenoxy) is 1. The van der Waals surface area contributed by atoms with Gasteiger partial charge in [-0.15, -0.1) is 0 Å². The Morgan fingerprint density at radius 1 is 1.04 bits per heavy atom. The van der Waals surface area contributed by atoms with Crippen molar-refractivity contribution >= 4 is 26.5 Å². The predicted molar refractivity (Wildman–Crippen MR) is 114 cm³/mol. The molecule has 3 heteroatoms. The van der Waals surface area contributed by atoms with E-state index >= 15 is 0 Å². The van der Waals surface area contributed by atoms with Crippen LogP contribution < -0.4 is 0 Å². The molecule has 1 aliphatic carbocycles. The standard InChI is InChI=1S/C24H25O2S/c1-24(2,20-9-4-3-5-10-20)26-23(25)19-12-14-21(15-13-19)27-17-16-18-8-6-7-11-22(18)27/h3-4,6-8,11-17,20H,5,9-10H2,1-2H3/q+1. The summed E-state index contributed by atoms with van der Waals surface area (Å²) < 4.78 is 7.25. The van der Waals surface area contributed by atoms with Crippen LogP contribution in [0.15, 0.2) is 72.1 Å². The summed E-state index contributed by atoms with van der Waals surface area (Å²) in [7, 11) is -0.0503. The van der Waals surface area contributed by atoms with Crippen LogP contribution in [0.4, 0.5) is 0 Å². The lowest BCUT2D eigenvalue weighted by Crippen LogP contribution is -2.37. The van der Waals surface area contributed by atoms with Crippen molar-refractivity contribution in [1.29, 1.82) is 0 Å². The Hall–Kier alpha value is -2.39. The molecule has 4 rings (SSSR count). The molecule has 2 nitrogen and oxygen atoms in total. The molecule has 0 saturated carbocycles. The number of benzene rings is 2. The lowest BCUT2D eigenvalue weighted by Gasteiger charge is -2.34. The Morgan fingerprint density at radius 3 is 2.56 bits per heavy atom. The number of allylic oxidation sites excluding steroid dienone is 2. The summed E-state index contributed by atoms with van der Waals surface area (Å²) in [4.78, 5) is 13.9. The highest BCUT2D eigenvalue weighted by molar-refractivity contribution is 7.43. The molecule has 0 radical (unpaired) electrons. The third-order valence-corrected chi connectivity index (χ3v) is 7.53. The SMILES string of the molecule is CC(C)(OC(=O)c1ccc(-[s+]2ccc3ccccc32)cc1)C1CC=CCC1. The maximum Gasteiger partial charge on any atom is 0.338 e. The van der Waals surface area contributed by atoms with E-state index in [-0.39, 0.29) is 16.4 Å². The molecular weight excluding hydrogens is 352 g/mol. The van der Waals surface area contributed by atoms with Crippen LogP contribution in [-0.2, 0) is 4.74 Å². The number of esters is 1. The highest BCUT2D eigenvalue weighted by Crippen LogP contribution is 2.39. The number of thiophene rings is 1. The molecule has 2 aromatic carbocycles. The number of rotatable bonds is 4. The van der Waals surface area contributed by atoms with E-state index in [2.05, 4.69) is 60.0 Å². The zero-order valence-electron chi connectivity index (χ0n) is 15.9. The van der Waals surface area contributed by atoms with E-state index in [1.54, 1.807) is 0 Å². The molecule has 27 heavy (non-hydrogen) atoms. The second kappa shape index (κ2) is 7.32. The second-order valence-corrected chi connectivity index (χ2v) is 9.54. The third kappa shape index (κ3) is 3.70. The first-order chi connectivity index (χ1) is 13.0. The normalized spacial score (nSPS) is 17.9. The molecule has 0 spiro atoms. The van der Waals surface area contributed by atoms with Crippen LogP contribution in [0.5, 0.6) is 0 Å². The molecule has 0 bridgehead atoms. The van der Waals surface area contributed by atoms with Gasteiger partial charge in [0, 0.05) is 27.8 Å². The van der Waals surface area contributed by atoms with Gasteiger partial charge in [-0.25, -0.2) is 4.79 Å². The van der Waals surface area contributed by atoms with Crippen molar-refractivity contribution in [3.05, 3.63) is 77.7 Å². The average molecular weight is 378 g/mol. The summed E-state index contributed by atoms with van der Waals surface area (Å²) in [6.07, 6.45) is 7.53. The van der Waals surface area contributed by atoms with Gasteiger partial charge in [0.25, 0.3) is 0 Å². The fourth-order valence-electron chi connectivity index (χ4n) is 3.78. The Labute approximate surface area is 163 Å². The van der Waals surface area contributed by atoms with E-state index in [1.807, 2.05) is 26.0 Å². The van der Waals surface area contributed by atoms with Crippen LogP contribution in [0.3, 0.4) is 0 Å². The molecule has 2 atom stereocenters. The van der Waals surface area contributed by atoms with Gasteiger partial charge in [-0.05, 0) is 69.5 Å². The summed E-state index contributed by atoms with van der Waals surface area (Å²) in [5.74, 6) is 0.152. The maximum atomic E-state index is 12.7. The minimum atomic E-state index is -0.449. The molecule has 0 fully saturated rings. The fraction of sp³-hybridized carbons (Fsp3) is 0.292. The second-order valence-electron chi connectivity index (χ2n) is 7.68. The lowest BCUT2D eigenvalue weighted by molar-refractivity contribution is -0.0320. The van der Waals surface area contributed by atoms with E-state index in [1.165, 1.54) is 15.0 Å². The Morgan fingerprint density at radius 2 is 1.81 bits per heavy atom. The first kappa shape index (κ1) is 18.0. The van der Waals surface area contributed by atoms with E-state index < -0.39 is 5.60 Å². The zero-order valence-corrected chi connectivity index (χ0v) is 16.7. The molecule has 0 N–H and O–H groups in total. The summed E-state index contributed by atoms with van der Waals surface area (Å²) in [5, 5.41) is 3.53. The van der Waals surface area contributed by atoms with Crippen LogP contribution in [-0.4, -0.2) is 11.6 Å². The highest BCUT2D eigenvalue weighted by atomic mass is 32.2. The maximum absolute atomic E-state index is 12.7. The lowest BCUT2D eigenvalue weighted by atomic mass is 9.81. The first-order valence-electron chi connectivity index (χ1n) is 9.53. The van der Waals surface area contributed by atoms with Crippen molar-refractivity contribution in [3.63, 3.8) is 0 Å². The predicted octanol–water partition coefficient (Wildman–Crippen LogP) is 6.87. The molecule has 1 aliphatic rings. The van der Waals surface area contributed by atoms with E-state index in [4.69, 9.17) is 4.74 Å². The largest absolute Gasteiger partial charge is 0.456 e. The van der Waals surface area contributed by atoms with Crippen molar-refractivity contribution < 1.29 is 9.53 Å². The van der Waals surface area contributed by atoms with Gasteiger partial charge in [-0.1, -0.05) is 24.3 Å². The van der Waals surface area contributed by atoms with E-state index in [9.17, 15) is 4.79 Å². The number of carbonyl (C=O) groups is 1. The zero-order chi connectivity index (χ0) is 18.9. The fourth-order valence-corrected chi connectivity index (χ4v) is 5.67. The van der Waals surface area contributed by atoms with Crippen LogP contribution in [0, 0.1) is 5.92 Å². The molecular formula is C24H25O2S+. The Balaban J connectivity index is 1.52. The first-order valence-corrected chi connectivity index (χ1v) is 10.8. The van der Waals surface area contributed by atoms with Gasteiger partial charge in [0.15, 0.2) is 9.60 Å². The molecule has 2 unspecified atom stereocenters. The quantitative estimate of drug-likeness (QED) is 0.282. The summed E-state index contributed by atoms with van der Waals surface area (Å²) in [5.41, 5.74) is 0.174. The van der Waals surface area contributed by atoms with Gasteiger partial charge in [0.1, 0.15) is 11.0 Å². The van der Waals surface area contributed by atoms with Gasteiger partial charge < -0.3 is 4.74 Å². The van der Waals surface area contributed by atoms with Crippen LogP contribution >= 0.6 is 10.5 Å². The molecule has 0 amide bonds. The summed E-state index contributed by atoms with van der Waals surface area (Å²) in [6.45, 7) is 4.06. The van der Waals surface area contributed by atoms with E-state index in [0.717, 1.165) is 19.3 Å². The molecule has 138 valence electrons. The minimum Gasteiger partial charge on any atom is -0.456 e. The minimum absolute atomic E-state index is 0.0503. The Bertz CT molecular complexity index is 979. The number of hydrogen-bond donors (Lipinski definition) is 0. The van der Waals surface area contributed by atoms with Crippen molar-refractivity contribution in [2.45, 2.75) is 38.7 Å². The molecule has 0 aliphatic heterocycles.